The zero-order chi connectivity index (χ0) is 24.0. The first kappa shape index (κ1) is 24.9. The normalized spacial score (nSPS) is 11.1. The van der Waals surface area contributed by atoms with Crippen LogP contribution >= 0.6 is 31.9 Å². The predicted octanol–water partition coefficient (Wildman–Crippen LogP) is 5.29. The van der Waals surface area contributed by atoms with Gasteiger partial charge in [0.1, 0.15) is 19.0 Å². The van der Waals surface area contributed by atoms with Crippen LogP contribution in [0.25, 0.3) is 0 Å². The summed E-state index contributed by atoms with van der Waals surface area (Å²) in [6.45, 7) is 6.11. The molecule has 0 aliphatic carbocycles. The Labute approximate surface area is 208 Å². The predicted molar refractivity (Wildman–Crippen MR) is 131 cm³/mol. The first-order valence-corrected chi connectivity index (χ1v) is 11.7. The third kappa shape index (κ3) is 6.42. The van der Waals surface area contributed by atoms with Crippen LogP contribution in [0, 0.1) is 19.7 Å². The number of rotatable bonds is 9. The number of carbonyl (C=O) groups excluding carboxylic acids is 1. The molecule has 0 aliphatic heterocycles. The largest absolute Gasteiger partial charge is 0.490 e. The molecule has 1 N–H and O–H groups in total. The van der Waals surface area contributed by atoms with E-state index in [9.17, 15) is 9.18 Å². The third-order valence-electron chi connectivity index (χ3n) is 4.65. The molecule has 0 radical (unpaired) electrons. The number of halogens is 3. The Bertz CT molecular complexity index is 1180. The number of aromatic nitrogens is 2. The van der Waals surface area contributed by atoms with Crippen molar-refractivity contribution in [2.45, 2.75) is 33.9 Å². The van der Waals surface area contributed by atoms with Gasteiger partial charge in [-0.2, -0.15) is 10.2 Å². The number of hydrogen-bond donors (Lipinski definition) is 1. The van der Waals surface area contributed by atoms with Gasteiger partial charge in [0.25, 0.3) is 5.91 Å². The van der Waals surface area contributed by atoms with Gasteiger partial charge < -0.3 is 9.47 Å². The van der Waals surface area contributed by atoms with Crippen molar-refractivity contribution in [3.8, 4) is 11.5 Å². The second-order valence-electron chi connectivity index (χ2n) is 7.08. The van der Waals surface area contributed by atoms with Crippen LogP contribution < -0.4 is 14.9 Å². The van der Waals surface area contributed by atoms with Crippen LogP contribution in [0.15, 0.2) is 50.4 Å². The summed E-state index contributed by atoms with van der Waals surface area (Å²) in [5.74, 6) is 0.289. The summed E-state index contributed by atoms with van der Waals surface area (Å²) in [7, 11) is 0. The van der Waals surface area contributed by atoms with Crippen LogP contribution in [0.2, 0.25) is 0 Å². The molecule has 1 heterocycles. The molecule has 0 spiro atoms. The summed E-state index contributed by atoms with van der Waals surface area (Å²) in [5.41, 5.74) is 5.30. The summed E-state index contributed by atoms with van der Waals surface area (Å²) in [6, 6.07) is 9.94. The Kier molecular flexibility index (Phi) is 8.62. The van der Waals surface area contributed by atoms with E-state index in [0.29, 0.717) is 33.7 Å². The Morgan fingerprint density at radius 1 is 1.24 bits per heavy atom. The average molecular weight is 582 g/mol. The van der Waals surface area contributed by atoms with Gasteiger partial charge in [0.2, 0.25) is 0 Å². The lowest BCUT2D eigenvalue weighted by Gasteiger charge is -2.15. The van der Waals surface area contributed by atoms with E-state index in [1.807, 2.05) is 20.8 Å². The van der Waals surface area contributed by atoms with Crippen LogP contribution in [0.1, 0.15) is 29.4 Å². The highest BCUT2D eigenvalue weighted by Crippen LogP contribution is 2.37. The van der Waals surface area contributed by atoms with Gasteiger partial charge in [0.15, 0.2) is 11.5 Å². The van der Waals surface area contributed by atoms with E-state index in [0.717, 1.165) is 15.9 Å². The molecule has 0 aliphatic rings. The monoisotopic (exact) mass is 580 g/mol. The van der Waals surface area contributed by atoms with Gasteiger partial charge in [-0.15, -0.1) is 0 Å². The van der Waals surface area contributed by atoms with Gasteiger partial charge in [0, 0.05) is 5.56 Å². The number of ether oxygens (including phenoxy) is 2. The second kappa shape index (κ2) is 11.4. The van der Waals surface area contributed by atoms with Gasteiger partial charge in [-0.3, -0.25) is 9.48 Å². The number of hydrazone groups is 1. The van der Waals surface area contributed by atoms with E-state index in [-0.39, 0.29) is 24.9 Å². The number of carbonyl (C=O) groups is 1. The average Bonchev–Trinajstić information content (AvgIpc) is 3.01. The molecule has 0 fully saturated rings. The van der Waals surface area contributed by atoms with E-state index in [1.165, 1.54) is 12.3 Å². The van der Waals surface area contributed by atoms with Crippen molar-refractivity contribution in [2.24, 2.45) is 5.10 Å². The fourth-order valence-corrected chi connectivity index (χ4v) is 3.87. The van der Waals surface area contributed by atoms with E-state index < -0.39 is 0 Å². The number of nitrogens with one attached hydrogen (secondary N) is 1. The maximum atomic E-state index is 13.9. The zero-order valence-electron chi connectivity index (χ0n) is 18.4. The highest BCUT2D eigenvalue weighted by Gasteiger charge is 2.14. The molecule has 10 heteroatoms. The summed E-state index contributed by atoms with van der Waals surface area (Å²) in [5, 5.41) is 8.34. The van der Waals surface area contributed by atoms with Crippen molar-refractivity contribution < 1.29 is 18.7 Å². The van der Waals surface area contributed by atoms with Crippen LogP contribution in [-0.4, -0.2) is 28.5 Å². The maximum absolute atomic E-state index is 13.9. The van der Waals surface area contributed by atoms with Gasteiger partial charge in [0.05, 0.1) is 33.2 Å². The fourth-order valence-electron chi connectivity index (χ4n) is 3.01. The van der Waals surface area contributed by atoms with Crippen LogP contribution in [0.3, 0.4) is 0 Å². The zero-order valence-corrected chi connectivity index (χ0v) is 21.5. The third-order valence-corrected chi connectivity index (χ3v) is 6.39. The summed E-state index contributed by atoms with van der Waals surface area (Å²) in [4.78, 5) is 12.2. The molecular weight excluding hydrogens is 559 g/mol. The molecule has 3 rings (SSSR count). The lowest BCUT2D eigenvalue weighted by Crippen LogP contribution is -2.24. The molecule has 0 unspecified atom stereocenters. The quantitative estimate of drug-likeness (QED) is 0.275. The molecule has 0 atom stereocenters. The van der Waals surface area contributed by atoms with Gasteiger partial charge in [-0.05, 0) is 76.4 Å². The smallest absolute Gasteiger partial charge is 0.261 e. The minimum atomic E-state index is -0.334. The minimum Gasteiger partial charge on any atom is -0.490 e. The van der Waals surface area contributed by atoms with Crippen molar-refractivity contribution in [2.75, 3.05) is 6.61 Å². The second-order valence-corrected chi connectivity index (χ2v) is 8.73. The topological polar surface area (TPSA) is 77.7 Å². The van der Waals surface area contributed by atoms with Crippen LogP contribution in [0.5, 0.6) is 11.5 Å². The van der Waals surface area contributed by atoms with E-state index >= 15 is 0 Å². The first-order valence-electron chi connectivity index (χ1n) is 10.1. The van der Waals surface area contributed by atoms with Gasteiger partial charge in [-0.1, -0.05) is 18.2 Å². The Morgan fingerprint density at radius 3 is 2.67 bits per heavy atom. The highest BCUT2D eigenvalue weighted by molar-refractivity contribution is 9.10. The van der Waals surface area contributed by atoms with Crippen molar-refractivity contribution in [3.05, 3.63) is 73.7 Å². The highest BCUT2D eigenvalue weighted by atomic mass is 79.9. The van der Waals surface area contributed by atoms with Crippen molar-refractivity contribution >= 4 is 44.0 Å². The lowest BCUT2D eigenvalue weighted by atomic mass is 10.2. The molecule has 0 saturated carbocycles. The Morgan fingerprint density at radius 2 is 2.00 bits per heavy atom. The number of nitrogens with zero attached hydrogens (tertiary/aromatic N) is 3. The van der Waals surface area contributed by atoms with Gasteiger partial charge in [-0.25, -0.2) is 9.82 Å². The molecule has 3 aromatic rings. The molecule has 174 valence electrons. The van der Waals surface area contributed by atoms with Crippen molar-refractivity contribution in [1.29, 1.82) is 0 Å². The fraction of sp³-hybridized carbons (Fsp3) is 0.261. The molecule has 2 aromatic carbocycles. The standard InChI is InChI=1S/C23H23Br2FN4O3/c1-4-32-20-10-16(9-18(24)23(20)33-13-17-7-5-6-8-19(17)26)11-27-28-21(31)12-30-15(3)22(25)14(2)29-30/h5-11H,4,12-13H2,1-3H3,(H,28,31)/b27-11+. The molecule has 0 saturated heterocycles. The molecule has 0 bridgehead atoms. The van der Waals surface area contributed by atoms with Gasteiger partial charge >= 0.3 is 0 Å². The lowest BCUT2D eigenvalue weighted by molar-refractivity contribution is -0.121. The summed E-state index contributed by atoms with van der Waals surface area (Å²) < 4.78 is 28.5. The SMILES string of the molecule is CCOc1cc(/C=N/NC(=O)Cn2nc(C)c(Br)c2C)cc(Br)c1OCc1ccccc1F. The van der Waals surface area contributed by atoms with Crippen molar-refractivity contribution in [3.63, 3.8) is 0 Å². The minimum absolute atomic E-state index is 0.0479. The molecular formula is C23H23Br2FN4O3. The molecule has 7 nitrogen and oxygen atoms in total. The number of hydrogen-bond acceptors (Lipinski definition) is 5. The Balaban J connectivity index is 1.68. The first-order chi connectivity index (χ1) is 15.8. The Hall–Kier alpha value is -2.72. The molecule has 33 heavy (non-hydrogen) atoms. The number of benzene rings is 2. The maximum Gasteiger partial charge on any atom is 0.261 e. The van der Waals surface area contributed by atoms with Crippen LogP contribution in [-0.2, 0) is 17.9 Å². The van der Waals surface area contributed by atoms with Crippen molar-refractivity contribution in [1.82, 2.24) is 15.2 Å². The summed E-state index contributed by atoms with van der Waals surface area (Å²) in [6.07, 6.45) is 1.50. The molecule has 1 aromatic heterocycles. The molecule has 1 amide bonds. The van der Waals surface area contributed by atoms with E-state index in [2.05, 4.69) is 47.5 Å². The van der Waals surface area contributed by atoms with Crippen LogP contribution in [0.4, 0.5) is 4.39 Å². The number of aryl methyl sites for hydroxylation is 1. The van der Waals surface area contributed by atoms with E-state index in [1.54, 1.807) is 35.0 Å². The van der Waals surface area contributed by atoms with E-state index in [4.69, 9.17) is 9.47 Å². The summed E-state index contributed by atoms with van der Waals surface area (Å²) >= 11 is 6.92. The number of amides is 1.